The summed E-state index contributed by atoms with van der Waals surface area (Å²) in [6.45, 7) is 1.21. The predicted molar refractivity (Wildman–Crippen MR) is 104 cm³/mol. The third-order valence-electron chi connectivity index (χ3n) is 4.70. The molecule has 2 heterocycles. The van der Waals surface area contributed by atoms with Gasteiger partial charge in [-0.15, -0.1) is 0 Å². The second kappa shape index (κ2) is 8.78. The van der Waals surface area contributed by atoms with Gasteiger partial charge in [-0.25, -0.2) is 4.98 Å². The van der Waals surface area contributed by atoms with E-state index in [0.717, 1.165) is 18.2 Å². The van der Waals surface area contributed by atoms with Crippen LogP contribution in [0.25, 0.3) is 6.08 Å². The summed E-state index contributed by atoms with van der Waals surface area (Å²) < 4.78 is 76.0. The van der Waals surface area contributed by atoms with Crippen molar-refractivity contribution < 1.29 is 31.1 Å². The molecule has 0 N–H and O–H groups in total. The number of hydrogen-bond acceptors (Lipinski definition) is 3. The van der Waals surface area contributed by atoms with E-state index in [1.165, 1.54) is 29.2 Å². The summed E-state index contributed by atoms with van der Waals surface area (Å²) >= 11 is 5.96. The first-order valence-electron chi connectivity index (χ1n) is 9.07. The van der Waals surface area contributed by atoms with Gasteiger partial charge in [0.2, 0.25) is 5.91 Å². The Balaban J connectivity index is 1.58. The standard InChI is InChI=1S/C20H16ClF6N3O/c21-16-11-15(20(25,26)27)12-28-18(16)30-9-7-29(8-10-30)17(31)6-3-13-1-4-14(5-2-13)19(22,23)24/h1-6,11-12H,7-10H2/b6-3+. The number of pyridine rings is 1. The second-order valence-corrected chi connectivity index (χ2v) is 7.20. The number of benzene rings is 1. The maximum atomic E-state index is 12.7. The van der Waals surface area contributed by atoms with Gasteiger partial charge in [0, 0.05) is 38.5 Å². The van der Waals surface area contributed by atoms with E-state index >= 15 is 0 Å². The number of anilines is 1. The Labute approximate surface area is 178 Å². The molecule has 0 aliphatic carbocycles. The van der Waals surface area contributed by atoms with E-state index in [1.54, 1.807) is 4.90 Å². The van der Waals surface area contributed by atoms with Gasteiger partial charge in [-0.1, -0.05) is 23.7 Å². The van der Waals surface area contributed by atoms with Crippen LogP contribution in [0.1, 0.15) is 16.7 Å². The average Bonchev–Trinajstić information content (AvgIpc) is 2.71. The first-order valence-corrected chi connectivity index (χ1v) is 9.45. The highest BCUT2D eigenvalue weighted by Gasteiger charge is 2.32. The molecule has 1 aromatic heterocycles. The summed E-state index contributed by atoms with van der Waals surface area (Å²) in [4.78, 5) is 19.4. The van der Waals surface area contributed by atoms with Crippen LogP contribution in [0, 0.1) is 0 Å². The number of carbonyl (C=O) groups is 1. The minimum Gasteiger partial charge on any atom is -0.352 e. The molecule has 0 atom stereocenters. The summed E-state index contributed by atoms with van der Waals surface area (Å²) in [5.74, 6) is -0.118. The first kappa shape index (κ1) is 22.9. The molecule has 0 saturated carbocycles. The molecule has 11 heteroatoms. The molecule has 0 unspecified atom stereocenters. The maximum Gasteiger partial charge on any atom is 0.417 e. The molecule has 4 nitrogen and oxygen atoms in total. The molecule has 1 aliphatic heterocycles. The summed E-state index contributed by atoms with van der Waals surface area (Å²) in [7, 11) is 0. The summed E-state index contributed by atoms with van der Waals surface area (Å²) in [6.07, 6.45) is -5.57. The molecule has 1 fully saturated rings. The molecule has 2 aromatic rings. The zero-order valence-corrected chi connectivity index (χ0v) is 16.6. The molecule has 0 bridgehead atoms. The van der Waals surface area contributed by atoms with Crippen molar-refractivity contribution in [3.05, 3.63) is 64.3 Å². The van der Waals surface area contributed by atoms with Crippen LogP contribution in [0.3, 0.4) is 0 Å². The number of piperazine rings is 1. The molecule has 166 valence electrons. The van der Waals surface area contributed by atoms with Crippen LogP contribution < -0.4 is 4.90 Å². The second-order valence-electron chi connectivity index (χ2n) is 6.79. The smallest absolute Gasteiger partial charge is 0.352 e. The van der Waals surface area contributed by atoms with Gasteiger partial charge in [-0.05, 0) is 29.8 Å². The van der Waals surface area contributed by atoms with Gasteiger partial charge in [-0.3, -0.25) is 4.79 Å². The van der Waals surface area contributed by atoms with Crippen LogP contribution in [0.5, 0.6) is 0 Å². The predicted octanol–water partition coefficient (Wildman–Crippen LogP) is 5.13. The van der Waals surface area contributed by atoms with Crippen molar-refractivity contribution in [2.75, 3.05) is 31.1 Å². The van der Waals surface area contributed by atoms with Crippen LogP contribution in [0.4, 0.5) is 32.2 Å². The monoisotopic (exact) mass is 463 g/mol. The first-order chi connectivity index (χ1) is 14.4. The van der Waals surface area contributed by atoms with Crippen molar-refractivity contribution in [2.45, 2.75) is 12.4 Å². The molecule has 0 radical (unpaired) electrons. The fourth-order valence-corrected chi connectivity index (χ4v) is 3.30. The van der Waals surface area contributed by atoms with E-state index in [9.17, 15) is 31.1 Å². The molecule has 31 heavy (non-hydrogen) atoms. The van der Waals surface area contributed by atoms with Gasteiger partial charge in [0.15, 0.2) is 0 Å². The molecular formula is C20H16ClF6N3O. The highest BCUT2D eigenvalue weighted by molar-refractivity contribution is 6.33. The summed E-state index contributed by atoms with van der Waals surface area (Å²) in [5.41, 5.74) is -1.27. The average molecular weight is 464 g/mol. The van der Waals surface area contributed by atoms with Gasteiger partial charge >= 0.3 is 12.4 Å². The Kier molecular flexibility index (Phi) is 6.49. The molecule has 0 spiro atoms. The van der Waals surface area contributed by atoms with Crippen LogP contribution >= 0.6 is 11.6 Å². The molecule has 1 amide bonds. The maximum absolute atomic E-state index is 12.7. The van der Waals surface area contributed by atoms with Crippen molar-refractivity contribution in [2.24, 2.45) is 0 Å². The SMILES string of the molecule is O=C(/C=C/c1ccc(C(F)(F)F)cc1)N1CCN(c2ncc(C(F)(F)F)cc2Cl)CC1. The fraction of sp³-hybridized carbons (Fsp3) is 0.300. The van der Waals surface area contributed by atoms with Crippen LogP contribution in [0.15, 0.2) is 42.6 Å². The van der Waals surface area contributed by atoms with Gasteiger partial charge in [0.1, 0.15) is 5.82 Å². The van der Waals surface area contributed by atoms with E-state index in [0.29, 0.717) is 24.8 Å². The topological polar surface area (TPSA) is 36.4 Å². The number of alkyl halides is 6. The lowest BCUT2D eigenvalue weighted by molar-refractivity contribution is -0.138. The minimum atomic E-state index is -4.54. The largest absolute Gasteiger partial charge is 0.417 e. The van der Waals surface area contributed by atoms with Crippen molar-refractivity contribution in [1.82, 2.24) is 9.88 Å². The lowest BCUT2D eigenvalue weighted by Crippen LogP contribution is -2.48. The van der Waals surface area contributed by atoms with Crippen LogP contribution in [-0.4, -0.2) is 42.0 Å². The lowest BCUT2D eigenvalue weighted by Gasteiger charge is -2.35. The number of halogens is 7. The minimum absolute atomic E-state index is 0.128. The lowest BCUT2D eigenvalue weighted by atomic mass is 10.1. The number of nitrogens with zero attached hydrogens (tertiary/aromatic N) is 3. The van der Waals surface area contributed by atoms with Gasteiger partial charge in [-0.2, -0.15) is 26.3 Å². The molecule has 1 aromatic carbocycles. The Morgan fingerprint density at radius 3 is 2.03 bits per heavy atom. The quantitative estimate of drug-likeness (QED) is 0.467. The van der Waals surface area contributed by atoms with Crippen molar-refractivity contribution in [1.29, 1.82) is 0 Å². The molecule has 3 rings (SSSR count). The van der Waals surface area contributed by atoms with Crippen molar-refractivity contribution in [3.63, 3.8) is 0 Å². The number of hydrogen-bond donors (Lipinski definition) is 0. The normalized spacial score (nSPS) is 15.6. The Hall–Kier alpha value is -2.75. The zero-order valence-electron chi connectivity index (χ0n) is 15.8. The Morgan fingerprint density at radius 1 is 0.935 bits per heavy atom. The third-order valence-corrected chi connectivity index (χ3v) is 4.97. The Bertz CT molecular complexity index is 964. The van der Waals surface area contributed by atoms with E-state index in [4.69, 9.17) is 11.6 Å². The highest BCUT2D eigenvalue weighted by Crippen LogP contribution is 2.34. The number of aromatic nitrogens is 1. The van der Waals surface area contributed by atoms with E-state index < -0.39 is 23.5 Å². The fourth-order valence-electron chi connectivity index (χ4n) is 3.01. The number of amides is 1. The van der Waals surface area contributed by atoms with Crippen molar-refractivity contribution >= 4 is 29.4 Å². The van der Waals surface area contributed by atoms with E-state index in [2.05, 4.69) is 4.98 Å². The number of rotatable bonds is 3. The Morgan fingerprint density at radius 2 is 1.52 bits per heavy atom. The van der Waals surface area contributed by atoms with Gasteiger partial charge in [0.25, 0.3) is 0 Å². The summed E-state index contributed by atoms with van der Waals surface area (Å²) in [5, 5.41) is -0.128. The van der Waals surface area contributed by atoms with Crippen LogP contribution in [0.2, 0.25) is 5.02 Å². The highest BCUT2D eigenvalue weighted by atomic mass is 35.5. The summed E-state index contributed by atoms with van der Waals surface area (Å²) in [6, 6.07) is 5.22. The van der Waals surface area contributed by atoms with Crippen molar-refractivity contribution in [3.8, 4) is 0 Å². The third kappa shape index (κ3) is 5.69. The van der Waals surface area contributed by atoms with Gasteiger partial charge < -0.3 is 9.80 Å². The molecule has 1 aliphatic rings. The number of carbonyl (C=O) groups excluding carboxylic acids is 1. The van der Waals surface area contributed by atoms with E-state index in [1.807, 2.05) is 0 Å². The molecule has 1 saturated heterocycles. The van der Waals surface area contributed by atoms with Crippen LogP contribution in [-0.2, 0) is 17.1 Å². The van der Waals surface area contributed by atoms with Gasteiger partial charge in [0.05, 0.1) is 16.1 Å². The molecular weight excluding hydrogens is 448 g/mol. The zero-order chi connectivity index (χ0) is 22.8. The van der Waals surface area contributed by atoms with E-state index in [-0.39, 0.29) is 29.8 Å².